The lowest BCUT2D eigenvalue weighted by Crippen LogP contribution is -2.58. The first kappa shape index (κ1) is 18.5. The van der Waals surface area contributed by atoms with Crippen LogP contribution in [0.3, 0.4) is 0 Å². The zero-order chi connectivity index (χ0) is 18.6. The molecule has 0 aliphatic carbocycles. The molecule has 1 fully saturated rings. The minimum Gasteiger partial charge on any atom is -0.307 e. The van der Waals surface area contributed by atoms with E-state index in [1.807, 2.05) is 12.1 Å². The fraction of sp³-hybridized carbons (Fsp3) is 0.217. The van der Waals surface area contributed by atoms with Crippen molar-refractivity contribution >= 4 is 23.2 Å². The van der Waals surface area contributed by atoms with Gasteiger partial charge in [0.1, 0.15) is 0 Å². The van der Waals surface area contributed by atoms with Crippen molar-refractivity contribution in [3.63, 3.8) is 0 Å². The van der Waals surface area contributed by atoms with Crippen molar-refractivity contribution in [2.45, 2.75) is 18.6 Å². The third-order valence-electron chi connectivity index (χ3n) is 5.10. The molecule has 27 heavy (non-hydrogen) atoms. The largest absolute Gasteiger partial charge is 0.307 e. The fourth-order valence-electron chi connectivity index (χ4n) is 3.66. The van der Waals surface area contributed by atoms with Crippen molar-refractivity contribution in [2.75, 3.05) is 13.1 Å². The molecule has 0 atom stereocenters. The van der Waals surface area contributed by atoms with Crippen LogP contribution in [0.5, 0.6) is 0 Å². The first-order chi connectivity index (χ1) is 13.2. The molecule has 2 nitrogen and oxygen atoms in total. The molecule has 1 saturated heterocycles. The van der Waals surface area contributed by atoms with Gasteiger partial charge in [0.25, 0.3) is 0 Å². The summed E-state index contributed by atoms with van der Waals surface area (Å²) < 4.78 is 0. The van der Waals surface area contributed by atoms with Gasteiger partial charge in [-0.15, -0.1) is 0 Å². The molecule has 1 heterocycles. The summed E-state index contributed by atoms with van der Waals surface area (Å²) in [6.07, 6.45) is 0. The summed E-state index contributed by atoms with van der Waals surface area (Å²) in [5, 5.41) is 5.01. The van der Waals surface area contributed by atoms with Crippen LogP contribution in [-0.2, 0) is 6.54 Å². The Morgan fingerprint density at radius 3 is 2.00 bits per heavy atom. The summed E-state index contributed by atoms with van der Waals surface area (Å²) in [4.78, 5) is 2.52. The predicted octanol–water partition coefficient (Wildman–Crippen LogP) is 5.56. The molecule has 4 heteroatoms. The van der Waals surface area contributed by atoms with E-state index in [1.165, 1.54) is 11.1 Å². The molecule has 3 aromatic rings. The molecule has 138 valence electrons. The van der Waals surface area contributed by atoms with Crippen LogP contribution in [0, 0.1) is 0 Å². The van der Waals surface area contributed by atoms with Crippen LogP contribution in [0.25, 0.3) is 0 Å². The molecule has 0 aromatic heterocycles. The second-order valence-corrected chi connectivity index (χ2v) is 7.83. The minimum absolute atomic E-state index is 0.296. The van der Waals surface area contributed by atoms with Gasteiger partial charge in [-0.3, -0.25) is 4.90 Å². The maximum atomic E-state index is 6.28. The molecular weight excluding hydrogens is 375 g/mol. The van der Waals surface area contributed by atoms with E-state index in [9.17, 15) is 0 Å². The number of hydrogen-bond donors (Lipinski definition) is 1. The Bertz CT molecular complexity index is 838. The Hall–Kier alpha value is -1.84. The van der Waals surface area contributed by atoms with Gasteiger partial charge in [0.15, 0.2) is 0 Å². The minimum atomic E-state index is 0.296. The summed E-state index contributed by atoms with van der Waals surface area (Å²) in [5.74, 6) is 0. The van der Waals surface area contributed by atoms with Crippen molar-refractivity contribution in [3.8, 4) is 0 Å². The SMILES string of the molecule is Clc1ccc(CNC2CN(C(c3ccccc3)c3ccccc3)C2)c(Cl)c1. The average molecular weight is 397 g/mol. The lowest BCUT2D eigenvalue weighted by molar-refractivity contribution is 0.0923. The summed E-state index contributed by atoms with van der Waals surface area (Å²) in [6, 6.07) is 27.9. The molecular formula is C23H22Cl2N2. The van der Waals surface area contributed by atoms with Gasteiger partial charge in [-0.05, 0) is 28.8 Å². The van der Waals surface area contributed by atoms with Gasteiger partial charge < -0.3 is 5.32 Å². The summed E-state index contributed by atoms with van der Waals surface area (Å²) in [7, 11) is 0. The monoisotopic (exact) mass is 396 g/mol. The van der Waals surface area contributed by atoms with Crippen molar-refractivity contribution in [3.05, 3.63) is 106 Å². The number of nitrogens with zero attached hydrogens (tertiary/aromatic N) is 1. The van der Waals surface area contributed by atoms with Gasteiger partial charge in [0, 0.05) is 35.7 Å². The highest BCUT2D eigenvalue weighted by Gasteiger charge is 2.33. The lowest BCUT2D eigenvalue weighted by Gasteiger charge is -2.45. The second-order valence-electron chi connectivity index (χ2n) is 6.99. The van der Waals surface area contributed by atoms with E-state index >= 15 is 0 Å². The molecule has 1 aliphatic rings. The first-order valence-electron chi connectivity index (χ1n) is 9.22. The van der Waals surface area contributed by atoms with E-state index in [-0.39, 0.29) is 0 Å². The molecule has 0 bridgehead atoms. The molecule has 0 amide bonds. The second kappa shape index (κ2) is 8.45. The predicted molar refractivity (Wildman–Crippen MR) is 113 cm³/mol. The summed E-state index contributed by atoms with van der Waals surface area (Å²) in [5.41, 5.74) is 3.76. The Labute approximate surface area is 170 Å². The Morgan fingerprint density at radius 2 is 1.44 bits per heavy atom. The van der Waals surface area contributed by atoms with Gasteiger partial charge >= 0.3 is 0 Å². The molecule has 0 radical (unpaired) electrons. The van der Waals surface area contributed by atoms with Crippen LogP contribution in [0.4, 0.5) is 0 Å². The first-order valence-corrected chi connectivity index (χ1v) is 9.97. The number of hydrogen-bond acceptors (Lipinski definition) is 2. The lowest BCUT2D eigenvalue weighted by atomic mass is 9.93. The van der Waals surface area contributed by atoms with Gasteiger partial charge in [-0.2, -0.15) is 0 Å². The van der Waals surface area contributed by atoms with Crippen molar-refractivity contribution in [1.29, 1.82) is 0 Å². The average Bonchev–Trinajstić information content (AvgIpc) is 2.66. The van der Waals surface area contributed by atoms with E-state index in [2.05, 4.69) is 70.9 Å². The van der Waals surface area contributed by atoms with Gasteiger partial charge in [0.2, 0.25) is 0 Å². The van der Waals surface area contributed by atoms with E-state index in [0.29, 0.717) is 17.1 Å². The molecule has 4 rings (SSSR count). The van der Waals surface area contributed by atoms with Crippen LogP contribution in [0.1, 0.15) is 22.7 Å². The van der Waals surface area contributed by atoms with Gasteiger partial charge in [-0.25, -0.2) is 0 Å². The number of halogens is 2. The van der Waals surface area contributed by atoms with Crippen molar-refractivity contribution < 1.29 is 0 Å². The van der Waals surface area contributed by atoms with Crippen LogP contribution in [0.2, 0.25) is 10.0 Å². The highest BCUT2D eigenvalue weighted by atomic mass is 35.5. The van der Waals surface area contributed by atoms with Crippen LogP contribution >= 0.6 is 23.2 Å². The van der Waals surface area contributed by atoms with Crippen LogP contribution in [0.15, 0.2) is 78.9 Å². The molecule has 1 aliphatic heterocycles. The highest BCUT2D eigenvalue weighted by molar-refractivity contribution is 6.35. The quantitative estimate of drug-likeness (QED) is 0.586. The van der Waals surface area contributed by atoms with E-state index in [0.717, 1.165) is 30.2 Å². The van der Waals surface area contributed by atoms with Crippen molar-refractivity contribution in [2.24, 2.45) is 0 Å². The Kier molecular flexibility index (Phi) is 5.80. The molecule has 0 saturated carbocycles. The molecule has 0 unspecified atom stereocenters. The third kappa shape index (κ3) is 4.36. The summed E-state index contributed by atoms with van der Waals surface area (Å²) in [6.45, 7) is 2.79. The maximum absolute atomic E-state index is 6.28. The molecule has 0 spiro atoms. The topological polar surface area (TPSA) is 15.3 Å². The smallest absolute Gasteiger partial charge is 0.0602 e. The number of benzene rings is 3. The normalized spacial score (nSPS) is 15.1. The van der Waals surface area contributed by atoms with E-state index < -0.39 is 0 Å². The number of likely N-dealkylation sites (tertiary alicyclic amines) is 1. The Morgan fingerprint density at radius 1 is 0.852 bits per heavy atom. The molecule has 1 N–H and O–H groups in total. The zero-order valence-corrected chi connectivity index (χ0v) is 16.5. The third-order valence-corrected chi connectivity index (χ3v) is 5.69. The van der Waals surface area contributed by atoms with Gasteiger partial charge in [0.05, 0.1) is 6.04 Å². The van der Waals surface area contributed by atoms with Gasteiger partial charge in [-0.1, -0.05) is 89.9 Å². The van der Waals surface area contributed by atoms with Crippen LogP contribution in [-0.4, -0.2) is 24.0 Å². The summed E-state index contributed by atoms with van der Waals surface area (Å²) >= 11 is 12.3. The standard InChI is InChI=1S/C23H22Cl2N2/c24-20-12-11-19(22(25)13-20)14-26-21-15-27(16-21)23(17-7-3-1-4-8-17)18-9-5-2-6-10-18/h1-13,21,23,26H,14-16H2. The highest BCUT2D eigenvalue weighted by Crippen LogP contribution is 2.32. The van der Waals surface area contributed by atoms with Crippen molar-refractivity contribution in [1.82, 2.24) is 10.2 Å². The van der Waals surface area contributed by atoms with E-state index in [1.54, 1.807) is 6.07 Å². The maximum Gasteiger partial charge on any atom is 0.0602 e. The zero-order valence-electron chi connectivity index (χ0n) is 15.0. The van der Waals surface area contributed by atoms with E-state index in [4.69, 9.17) is 23.2 Å². The van der Waals surface area contributed by atoms with Crippen LogP contribution < -0.4 is 5.32 Å². The fourth-order valence-corrected chi connectivity index (χ4v) is 4.13. The number of rotatable bonds is 6. The molecule has 3 aromatic carbocycles. The Balaban J connectivity index is 1.41. The number of nitrogens with one attached hydrogen (secondary N) is 1.